The van der Waals surface area contributed by atoms with Gasteiger partial charge < -0.3 is 35.4 Å². The van der Waals surface area contributed by atoms with Gasteiger partial charge in [-0.05, 0) is 36.2 Å². The van der Waals surface area contributed by atoms with Gasteiger partial charge in [-0.3, -0.25) is 9.59 Å². The molecule has 3 rings (SSSR count). The van der Waals surface area contributed by atoms with Crippen molar-refractivity contribution in [1.29, 1.82) is 0 Å². The normalized spacial score (nSPS) is 24.4. The number of aliphatic hydroxyl groups is 2. The minimum Gasteiger partial charge on any atom is -0.477 e. The Hall–Kier alpha value is -3.16. The fourth-order valence-corrected chi connectivity index (χ4v) is 4.47. The van der Waals surface area contributed by atoms with Crippen molar-refractivity contribution in [3.8, 4) is 0 Å². The van der Waals surface area contributed by atoms with Gasteiger partial charge in [0, 0.05) is 36.0 Å². The van der Waals surface area contributed by atoms with Gasteiger partial charge in [-0.2, -0.15) is 0 Å². The second-order valence-corrected chi connectivity index (χ2v) is 9.76. The van der Waals surface area contributed by atoms with Crippen LogP contribution in [0.2, 0.25) is 5.02 Å². The predicted octanol–water partition coefficient (Wildman–Crippen LogP) is 2.00. The monoisotopic (exact) mass is 570 g/mol. The molecule has 39 heavy (non-hydrogen) atoms. The second-order valence-electron chi connectivity index (χ2n) is 9.32. The topological polar surface area (TPSA) is 154 Å². The van der Waals surface area contributed by atoms with Crippen LogP contribution in [0.15, 0.2) is 42.5 Å². The van der Waals surface area contributed by atoms with E-state index in [1.807, 2.05) is 0 Å². The lowest BCUT2D eigenvalue weighted by Crippen LogP contribution is -2.66. The zero-order valence-electron chi connectivity index (χ0n) is 21.1. The van der Waals surface area contributed by atoms with Crippen molar-refractivity contribution in [1.82, 2.24) is 10.6 Å². The lowest BCUT2D eigenvalue weighted by molar-refractivity contribution is -0.308. The number of amides is 2. The van der Waals surface area contributed by atoms with Crippen LogP contribution in [0.1, 0.15) is 36.2 Å². The number of carbonyl (C=O) groups excluding carboxylic acids is 2. The van der Waals surface area contributed by atoms with E-state index < -0.39 is 78.6 Å². The zero-order chi connectivity index (χ0) is 28.9. The average molecular weight is 571 g/mol. The molecule has 0 bridgehead atoms. The Morgan fingerprint density at radius 1 is 1.18 bits per heavy atom. The summed E-state index contributed by atoms with van der Waals surface area (Å²) in [5, 5.41) is 37.1. The highest BCUT2D eigenvalue weighted by molar-refractivity contribution is 6.30. The quantitative estimate of drug-likeness (QED) is 0.291. The third-order valence-electron chi connectivity index (χ3n) is 6.38. The van der Waals surface area contributed by atoms with E-state index in [1.165, 1.54) is 43.3 Å². The molecule has 2 aromatic rings. The summed E-state index contributed by atoms with van der Waals surface area (Å²) in [6.07, 6.45) is -5.35. The van der Waals surface area contributed by atoms with E-state index in [0.717, 1.165) is 6.07 Å². The van der Waals surface area contributed by atoms with Crippen LogP contribution < -0.4 is 10.6 Å². The maximum absolute atomic E-state index is 14.2. The molecule has 6 atom stereocenters. The van der Waals surface area contributed by atoms with Gasteiger partial charge in [0.15, 0.2) is 11.6 Å². The summed E-state index contributed by atoms with van der Waals surface area (Å²) < 4.78 is 39.0. The van der Waals surface area contributed by atoms with Crippen LogP contribution in [-0.2, 0) is 25.7 Å². The molecule has 1 aliphatic heterocycles. The predicted molar refractivity (Wildman–Crippen MR) is 134 cm³/mol. The van der Waals surface area contributed by atoms with E-state index >= 15 is 0 Å². The number of halogens is 3. The Labute approximate surface area is 227 Å². The number of nitrogens with one attached hydrogen (secondary N) is 2. The first-order valence-electron chi connectivity index (χ1n) is 12.0. The van der Waals surface area contributed by atoms with Gasteiger partial charge in [0.25, 0.3) is 11.7 Å². The maximum atomic E-state index is 14.2. The Morgan fingerprint density at radius 3 is 2.46 bits per heavy atom. The van der Waals surface area contributed by atoms with E-state index in [1.54, 1.807) is 6.92 Å². The zero-order valence-corrected chi connectivity index (χ0v) is 21.8. The number of aliphatic carboxylic acids is 1. The molecule has 0 saturated carbocycles. The Bertz CT molecular complexity index is 1200. The van der Waals surface area contributed by atoms with Gasteiger partial charge in [0.1, 0.15) is 12.2 Å². The summed E-state index contributed by atoms with van der Waals surface area (Å²) in [4.78, 5) is 36.6. The van der Waals surface area contributed by atoms with Crippen molar-refractivity contribution in [3.63, 3.8) is 0 Å². The molecule has 1 saturated heterocycles. The van der Waals surface area contributed by atoms with Crippen molar-refractivity contribution in [2.45, 2.75) is 57.0 Å². The fourth-order valence-electron chi connectivity index (χ4n) is 4.34. The van der Waals surface area contributed by atoms with Gasteiger partial charge >= 0.3 is 5.97 Å². The van der Waals surface area contributed by atoms with Gasteiger partial charge in [-0.1, -0.05) is 30.7 Å². The van der Waals surface area contributed by atoms with E-state index in [-0.39, 0.29) is 17.5 Å². The van der Waals surface area contributed by atoms with E-state index in [9.17, 15) is 38.5 Å². The molecule has 13 heteroatoms. The molecular formula is C26H29ClF2N2O8. The Kier molecular flexibility index (Phi) is 9.97. The highest BCUT2D eigenvalue weighted by Crippen LogP contribution is 2.37. The third kappa shape index (κ3) is 7.28. The largest absolute Gasteiger partial charge is 0.477 e. The summed E-state index contributed by atoms with van der Waals surface area (Å²) in [5.41, 5.74) is -0.0273. The number of ether oxygens (including phenoxy) is 2. The van der Waals surface area contributed by atoms with Gasteiger partial charge in [-0.15, -0.1) is 0 Å². The van der Waals surface area contributed by atoms with Crippen LogP contribution in [-0.4, -0.2) is 69.8 Å². The van der Waals surface area contributed by atoms with E-state index in [4.69, 9.17) is 21.1 Å². The fraction of sp³-hybridized carbons (Fsp3) is 0.423. The Morgan fingerprint density at radius 2 is 1.85 bits per heavy atom. The molecule has 0 radical (unpaired) electrons. The van der Waals surface area contributed by atoms with Gasteiger partial charge in [-0.25, -0.2) is 13.6 Å². The molecule has 5 N–H and O–H groups in total. The molecular weight excluding hydrogens is 542 g/mol. The summed E-state index contributed by atoms with van der Waals surface area (Å²) >= 11 is 5.81. The van der Waals surface area contributed by atoms with Crippen molar-refractivity contribution >= 4 is 29.4 Å². The molecule has 1 heterocycles. The first-order valence-corrected chi connectivity index (χ1v) is 12.4. The molecule has 1 fully saturated rings. The SMILES string of the molecule is CC(=O)N[C@H]1[C@H]([C@H](O)[C@H](O)CNC(=O)c2ccc(Cl)cc2)O[C@@](OCc2cccc(F)c2F)(C(=O)O)C[C@@H]1C. The number of carbonyl (C=O) groups is 3. The van der Waals surface area contributed by atoms with Crippen molar-refractivity contribution < 1.29 is 48.0 Å². The van der Waals surface area contributed by atoms with Crippen LogP contribution in [0.25, 0.3) is 0 Å². The first-order chi connectivity index (χ1) is 18.3. The van der Waals surface area contributed by atoms with Crippen LogP contribution in [0.4, 0.5) is 8.78 Å². The highest BCUT2D eigenvalue weighted by Gasteiger charge is 2.54. The number of aliphatic hydroxyl groups excluding tert-OH is 2. The lowest BCUT2D eigenvalue weighted by atomic mass is 9.83. The molecule has 0 unspecified atom stereocenters. The Balaban J connectivity index is 1.80. The number of carboxylic acid groups (broad SMARTS) is 1. The molecule has 212 valence electrons. The molecule has 0 aromatic heterocycles. The number of carboxylic acids is 1. The molecule has 1 aliphatic rings. The summed E-state index contributed by atoms with van der Waals surface area (Å²) in [7, 11) is 0. The average Bonchev–Trinajstić information content (AvgIpc) is 2.88. The van der Waals surface area contributed by atoms with Crippen LogP contribution in [0, 0.1) is 17.6 Å². The minimum absolute atomic E-state index is 0.239. The number of hydrogen-bond donors (Lipinski definition) is 5. The van der Waals surface area contributed by atoms with Crippen LogP contribution in [0.3, 0.4) is 0 Å². The summed E-state index contributed by atoms with van der Waals surface area (Å²) in [5.74, 6) is -8.20. The second kappa shape index (κ2) is 12.8. The van der Waals surface area contributed by atoms with Crippen molar-refractivity contribution in [3.05, 3.63) is 70.2 Å². The minimum atomic E-state index is -2.44. The number of hydrogen-bond acceptors (Lipinski definition) is 7. The van der Waals surface area contributed by atoms with E-state index in [0.29, 0.717) is 5.02 Å². The van der Waals surface area contributed by atoms with Gasteiger partial charge in [0.05, 0.1) is 18.8 Å². The molecule has 10 nitrogen and oxygen atoms in total. The lowest BCUT2D eigenvalue weighted by Gasteiger charge is -2.47. The third-order valence-corrected chi connectivity index (χ3v) is 6.63. The molecule has 0 aliphatic carbocycles. The standard InChI is InChI=1S/C26H29ClF2N2O8/c1-13-10-26(25(36)37,38-12-16-4-3-5-18(28)20(16)29)39-23(21(13)31-14(2)32)22(34)19(33)11-30-24(35)15-6-8-17(27)9-7-15/h3-9,13,19,21-23,33-34H,10-12H2,1-2H3,(H,30,35)(H,31,32)(H,36,37)/t13-,19+,21+,22+,23+,26+/m0/s1. The smallest absolute Gasteiger partial charge is 0.364 e. The number of benzene rings is 2. The molecule has 2 aromatic carbocycles. The van der Waals surface area contributed by atoms with Crippen molar-refractivity contribution in [2.75, 3.05) is 6.54 Å². The molecule has 0 spiro atoms. The van der Waals surface area contributed by atoms with Crippen LogP contribution >= 0.6 is 11.6 Å². The van der Waals surface area contributed by atoms with Crippen LogP contribution in [0.5, 0.6) is 0 Å². The van der Waals surface area contributed by atoms with E-state index in [2.05, 4.69) is 10.6 Å². The van der Waals surface area contributed by atoms with Gasteiger partial charge in [0.2, 0.25) is 5.91 Å². The molecule has 2 amide bonds. The summed E-state index contributed by atoms with van der Waals surface area (Å²) in [6.45, 7) is 1.64. The van der Waals surface area contributed by atoms with Crippen molar-refractivity contribution in [2.24, 2.45) is 5.92 Å². The number of rotatable bonds is 10. The highest BCUT2D eigenvalue weighted by atomic mass is 35.5. The summed E-state index contributed by atoms with van der Waals surface area (Å²) in [6, 6.07) is 8.26. The first kappa shape index (κ1) is 30.4. The maximum Gasteiger partial charge on any atom is 0.364 e.